The number of nitrogens with one attached hydrogen (secondary N) is 3. The molecule has 200 valence electrons. The highest BCUT2D eigenvalue weighted by atomic mass is 32.2. The van der Waals surface area contributed by atoms with Crippen molar-refractivity contribution in [3.63, 3.8) is 0 Å². The Morgan fingerprint density at radius 2 is 1.64 bits per heavy atom. The van der Waals surface area contributed by atoms with Crippen molar-refractivity contribution < 1.29 is 23.1 Å². The molecule has 10 heteroatoms. The molecule has 2 amide bonds. The Hall–Kier alpha value is -4.54. The summed E-state index contributed by atoms with van der Waals surface area (Å²) in [5.74, 6) is -1.14. The second-order valence-corrected chi connectivity index (χ2v) is 10.7. The molecule has 0 fully saturated rings. The number of anilines is 1. The van der Waals surface area contributed by atoms with E-state index < -0.39 is 28.5 Å². The molecule has 39 heavy (non-hydrogen) atoms. The number of pyridine rings is 1. The number of urea groups is 1. The van der Waals surface area contributed by atoms with Gasteiger partial charge in [0.1, 0.15) is 0 Å². The Bertz CT molecular complexity index is 1560. The zero-order valence-corrected chi connectivity index (χ0v) is 22.0. The average Bonchev–Trinajstić information content (AvgIpc) is 2.92. The van der Waals surface area contributed by atoms with E-state index in [0.717, 1.165) is 22.3 Å². The Kier molecular flexibility index (Phi) is 8.70. The lowest BCUT2D eigenvalue weighted by atomic mass is 9.98. The third-order valence-electron chi connectivity index (χ3n) is 5.93. The molecule has 4 rings (SSSR count). The van der Waals surface area contributed by atoms with Crippen LogP contribution in [0.4, 0.5) is 10.5 Å². The van der Waals surface area contributed by atoms with Gasteiger partial charge in [0, 0.05) is 24.6 Å². The summed E-state index contributed by atoms with van der Waals surface area (Å²) in [6, 6.07) is 22.8. The molecule has 0 aliphatic heterocycles. The summed E-state index contributed by atoms with van der Waals surface area (Å²) in [7, 11) is -3.97. The molecule has 1 aromatic heterocycles. The topological polar surface area (TPSA) is 137 Å². The lowest BCUT2D eigenvalue weighted by molar-refractivity contribution is -0.137. The van der Waals surface area contributed by atoms with Crippen LogP contribution in [0.25, 0.3) is 11.1 Å². The maximum atomic E-state index is 13.0. The van der Waals surface area contributed by atoms with Crippen molar-refractivity contribution in [2.45, 2.75) is 30.8 Å². The molecule has 0 bridgehead atoms. The number of carboxylic acids is 1. The number of carbonyl (C=O) groups excluding carboxylic acids is 1. The number of sulfonamides is 1. The predicted molar refractivity (Wildman–Crippen MR) is 148 cm³/mol. The van der Waals surface area contributed by atoms with Gasteiger partial charge >= 0.3 is 12.0 Å². The Labute approximate surface area is 227 Å². The fourth-order valence-corrected chi connectivity index (χ4v) is 5.17. The minimum atomic E-state index is -3.97. The van der Waals surface area contributed by atoms with E-state index in [1.807, 2.05) is 25.1 Å². The van der Waals surface area contributed by atoms with Crippen molar-refractivity contribution in [2.24, 2.45) is 0 Å². The number of carboxylic acid groups (broad SMARTS) is 1. The number of aryl methyl sites for hydroxylation is 1. The first-order valence-corrected chi connectivity index (χ1v) is 13.6. The molecule has 0 aliphatic carbocycles. The van der Waals surface area contributed by atoms with E-state index in [0.29, 0.717) is 17.8 Å². The minimum Gasteiger partial charge on any atom is -0.481 e. The van der Waals surface area contributed by atoms with Gasteiger partial charge in [-0.15, -0.1) is 0 Å². The van der Waals surface area contributed by atoms with E-state index in [1.54, 1.807) is 67.0 Å². The van der Waals surface area contributed by atoms with Gasteiger partial charge < -0.3 is 15.7 Å². The second kappa shape index (κ2) is 12.3. The lowest BCUT2D eigenvalue weighted by Gasteiger charge is -2.19. The zero-order valence-electron chi connectivity index (χ0n) is 21.2. The number of benzene rings is 3. The lowest BCUT2D eigenvalue weighted by Crippen LogP contribution is -2.30. The molecule has 0 spiro atoms. The van der Waals surface area contributed by atoms with Crippen LogP contribution in [0.1, 0.15) is 29.2 Å². The van der Waals surface area contributed by atoms with Crippen molar-refractivity contribution in [3.8, 4) is 11.1 Å². The SMILES string of the molecule is Cc1ccc(S(=O)(=O)N[C@H](CC(=O)O)c2cccc(-c3cccc(NC(=O)NCc4cccnc4)c3)c2)cc1. The monoisotopic (exact) mass is 544 g/mol. The second-order valence-electron chi connectivity index (χ2n) is 8.96. The van der Waals surface area contributed by atoms with Crippen LogP contribution in [-0.4, -0.2) is 30.5 Å². The molecule has 1 atom stereocenters. The van der Waals surface area contributed by atoms with Gasteiger partial charge in [-0.25, -0.2) is 17.9 Å². The molecule has 0 saturated heterocycles. The largest absolute Gasteiger partial charge is 0.481 e. The molecule has 0 aliphatic rings. The van der Waals surface area contributed by atoms with Crippen LogP contribution in [0.3, 0.4) is 0 Å². The maximum absolute atomic E-state index is 13.0. The number of aliphatic carboxylic acids is 1. The fourth-order valence-electron chi connectivity index (χ4n) is 3.95. The molecule has 3 aromatic carbocycles. The summed E-state index contributed by atoms with van der Waals surface area (Å²) in [5, 5.41) is 15.1. The van der Waals surface area contributed by atoms with Gasteiger partial charge in [-0.3, -0.25) is 9.78 Å². The van der Waals surface area contributed by atoms with Gasteiger partial charge in [0.25, 0.3) is 0 Å². The van der Waals surface area contributed by atoms with Gasteiger partial charge in [0.2, 0.25) is 10.0 Å². The molecule has 0 radical (unpaired) electrons. The Morgan fingerprint density at radius 1 is 0.923 bits per heavy atom. The normalized spacial score (nSPS) is 11.9. The first-order valence-electron chi connectivity index (χ1n) is 12.1. The average molecular weight is 545 g/mol. The Balaban J connectivity index is 1.52. The fraction of sp³-hybridized carbons (Fsp3) is 0.138. The summed E-state index contributed by atoms with van der Waals surface area (Å²) in [6.45, 7) is 2.17. The number of nitrogens with zero attached hydrogens (tertiary/aromatic N) is 1. The molecule has 4 aromatic rings. The van der Waals surface area contributed by atoms with Crippen LogP contribution in [0, 0.1) is 6.92 Å². The van der Waals surface area contributed by atoms with E-state index in [2.05, 4.69) is 20.3 Å². The Morgan fingerprint density at radius 3 is 2.33 bits per heavy atom. The van der Waals surface area contributed by atoms with Crippen LogP contribution in [0.5, 0.6) is 0 Å². The number of rotatable bonds is 10. The number of hydrogen-bond acceptors (Lipinski definition) is 5. The van der Waals surface area contributed by atoms with Gasteiger partial charge in [0.15, 0.2) is 0 Å². The number of aromatic nitrogens is 1. The third kappa shape index (κ3) is 7.73. The highest BCUT2D eigenvalue weighted by Gasteiger charge is 2.24. The third-order valence-corrected chi connectivity index (χ3v) is 7.41. The van der Waals surface area contributed by atoms with E-state index in [9.17, 15) is 23.1 Å². The number of hydrogen-bond donors (Lipinski definition) is 4. The molecular formula is C29H28N4O5S. The highest BCUT2D eigenvalue weighted by Crippen LogP contribution is 2.28. The summed E-state index contributed by atoms with van der Waals surface area (Å²) >= 11 is 0. The van der Waals surface area contributed by atoms with Gasteiger partial charge in [-0.2, -0.15) is 0 Å². The quantitative estimate of drug-likeness (QED) is 0.225. The summed E-state index contributed by atoms with van der Waals surface area (Å²) < 4.78 is 28.5. The van der Waals surface area contributed by atoms with Crippen LogP contribution < -0.4 is 15.4 Å². The predicted octanol–water partition coefficient (Wildman–Crippen LogP) is 4.87. The summed E-state index contributed by atoms with van der Waals surface area (Å²) in [6.07, 6.45) is 2.90. The molecule has 0 saturated carbocycles. The minimum absolute atomic E-state index is 0.0558. The summed E-state index contributed by atoms with van der Waals surface area (Å²) in [5.41, 5.74) is 4.33. The van der Waals surface area contributed by atoms with Gasteiger partial charge in [-0.1, -0.05) is 54.1 Å². The number of carbonyl (C=O) groups is 2. The smallest absolute Gasteiger partial charge is 0.319 e. The van der Waals surface area contributed by atoms with Crippen molar-refractivity contribution in [1.29, 1.82) is 0 Å². The molecule has 1 heterocycles. The van der Waals surface area contributed by atoms with Crippen molar-refractivity contribution in [3.05, 3.63) is 114 Å². The molecule has 0 unspecified atom stereocenters. The van der Waals surface area contributed by atoms with Crippen LogP contribution in [0.15, 0.2) is 102 Å². The van der Waals surface area contributed by atoms with Gasteiger partial charge in [0.05, 0.1) is 17.4 Å². The standard InChI is InChI=1S/C29H28N4O5S/c1-20-10-12-26(13-11-20)39(37,38)33-27(17-28(34)35)24-8-2-6-22(15-24)23-7-3-9-25(16-23)32-29(36)31-19-21-5-4-14-30-18-21/h2-16,18,27,33H,17,19H2,1H3,(H,34,35)(H2,31,32,36)/t27-/m1/s1. The van der Waals surface area contributed by atoms with E-state index in [1.165, 1.54) is 12.1 Å². The molecule has 9 nitrogen and oxygen atoms in total. The van der Waals surface area contributed by atoms with Crippen molar-refractivity contribution >= 4 is 27.7 Å². The zero-order chi connectivity index (χ0) is 27.8. The van der Waals surface area contributed by atoms with E-state index in [-0.39, 0.29) is 10.9 Å². The molecular weight excluding hydrogens is 516 g/mol. The van der Waals surface area contributed by atoms with Crippen molar-refractivity contribution in [2.75, 3.05) is 5.32 Å². The van der Waals surface area contributed by atoms with Crippen LogP contribution in [-0.2, 0) is 21.4 Å². The highest BCUT2D eigenvalue weighted by molar-refractivity contribution is 7.89. The van der Waals surface area contributed by atoms with Gasteiger partial charge in [-0.05, 0) is 65.6 Å². The van der Waals surface area contributed by atoms with Crippen LogP contribution in [0.2, 0.25) is 0 Å². The van der Waals surface area contributed by atoms with E-state index >= 15 is 0 Å². The maximum Gasteiger partial charge on any atom is 0.319 e. The summed E-state index contributed by atoms with van der Waals surface area (Å²) in [4.78, 5) is 28.1. The number of amides is 2. The van der Waals surface area contributed by atoms with Crippen LogP contribution >= 0.6 is 0 Å². The van der Waals surface area contributed by atoms with E-state index in [4.69, 9.17) is 0 Å². The first kappa shape index (κ1) is 27.5. The first-order chi connectivity index (χ1) is 18.7. The molecule has 4 N–H and O–H groups in total. The van der Waals surface area contributed by atoms with Crippen molar-refractivity contribution in [1.82, 2.24) is 15.0 Å².